The van der Waals surface area contributed by atoms with Crippen LogP contribution in [0, 0.1) is 31.3 Å². The summed E-state index contributed by atoms with van der Waals surface area (Å²) in [6, 6.07) is 31.2. The van der Waals surface area contributed by atoms with E-state index in [1.165, 1.54) is 55.2 Å². The van der Waals surface area contributed by atoms with Gasteiger partial charge in [0.1, 0.15) is 5.67 Å². The Balaban J connectivity index is 0.000000197. The van der Waals surface area contributed by atoms with Crippen molar-refractivity contribution < 1.29 is 26.1 Å². The molecule has 2 radical (unpaired) electrons. The van der Waals surface area contributed by atoms with Crippen molar-refractivity contribution in [2.75, 3.05) is 0 Å². The zero-order valence-corrected chi connectivity index (χ0v) is 30.7. The van der Waals surface area contributed by atoms with Crippen molar-refractivity contribution in [3.8, 4) is 11.1 Å². The smallest absolute Gasteiger partial charge is 0.672 e. The van der Waals surface area contributed by atoms with Gasteiger partial charge in [0, 0.05) is 0 Å². The van der Waals surface area contributed by atoms with E-state index in [-0.39, 0.29) is 34.7 Å². The van der Waals surface area contributed by atoms with Gasteiger partial charge in [-0.1, -0.05) is 100 Å². The predicted molar refractivity (Wildman–Crippen MR) is 178 cm³/mol. The van der Waals surface area contributed by atoms with Crippen LogP contribution >= 0.6 is 0 Å². The predicted octanol–water partition coefficient (Wildman–Crippen LogP) is 9.57. The largest absolute Gasteiger partial charge is 3.00 e. The summed E-state index contributed by atoms with van der Waals surface area (Å²) in [5.41, 5.74) is 13.6. The zero-order valence-electron chi connectivity index (χ0n) is 26.2. The van der Waals surface area contributed by atoms with Gasteiger partial charge in [0.15, 0.2) is 0 Å². The quantitative estimate of drug-likeness (QED) is 0.184. The van der Waals surface area contributed by atoms with E-state index in [0.29, 0.717) is 24.2 Å². The maximum absolute atomic E-state index is 14.0. The molecule has 1 N–H and O–H groups in total. The number of hydrogen-bond donors (Lipinski definition) is 0. The minimum atomic E-state index is -0.925. The molecule has 3 aromatic carbocycles. The molecule has 42 heavy (non-hydrogen) atoms. The summed E-state index contributed by atoms with van der Waals surface area (Å²) in [6.07, 6.45) is 8.61. The molecular formula is C38H48FGeNTi. The van der Waals surface area contributed by atoms with Crippen LogP contribution in [-0.4, -0.2) is 27.7 Å². The van der Waals surface area contributed by atoms with Gasteiger partial charge < -0.3 is 13.2 Å². The Kier molecular flexibility index (Phi) is 14.2. The third-order valence-electron chi connectivity index (χ3n) is 8.95. The van der Waals surface area contributed by atoms with Crippen LogP contribution in [-0.2, 0) is 21.7 Å². The molecule has 0 heterocycles. The van der Waals surface area contributed by atoms with Crippen LogP contribution in [0.1, 0.15) is 66.2 Å². The molecule has 4 saturated carbocycles. The molecule has 0 amide bonds. The van der Waals surface area contributed by atoms with Crippen LogP contribution in [0.5, 0.6) is 0 Å². The van der Waals surface area contributed by atoms with Gasteiger partial charge >= 0.3 is 73.0 Å². The number of halogens is 1. The molecule has 0 aliphatic heterocycles. The van der Waals surface area contributed by atoms with Crippen molar-refractivity contribution >= 4 is 20.9 Å². The second kappa shape index (κ2) is 16.4. The molecule has 4 heteroatoms. The molecule has 3 atom stereocenters. The third-order valence-corrected chi connectivity index (χ3v) is 9.94. The van der Waals surface area contributed by atoms with Gasteiger partial charge in [-0.25, -0.2) is 9.96 Å². The van der Waals surface area contributed by atoms with Gasteiger partial charge in [0.25, 0.3) is 0 Å². The monoisotopic (exact) mass is 659 g/mol. The molecule has 220 valence electrons. The van der Waals surface area contributed by atoms with E-state index in [4.69, 9.17) is 5.73 Å². The second-order valence-corrected chi connectivity index (χ2v) is 14.1. The number of hydrogen-bond acceptors (Lipinski definition) is 0. The first-order valence-corrected chi connectivity index (χ1v) is 16.2. The molecule has 0 saturated heterocycles. The Morgan fingerprint density at radius 1 is 0.762 bits per heavy atom. The topological polar surface area (TPSA) is 23.8 Å². The number of alkyl halides is 1. The van der Waals surface area contributed by atoms with Crippen LogP contribution in [0.2, 0.25) is 0 Å². The van der Waals surface area contributed by atoms with E-state index in [2.05, 4.69) is 107 Å². The summed E-state index contributed by atoms with van der Waals surface area (Å²) in [4.78, 5) is 0. The fraction of sp³-hybridized carbons (Fsp3) is 0.395. The summed E-state index contributed by atoms with van der Waals surface area (Å²) >= 11 is 1.26. The van der Waals surface area contributed by atoms with Gasteiger partial charge in [-0.3, -0.25) is 6.08 Å². The average Bonchev–Trinajstić information content (AvgIpc) is 3.14. The Labute approximate surface area is 278 Å². The van der Waals surface area contributed by atoms with E-state index in [9.17, 15) is 4.39 Å². The standard InChI is InChI=1S/C12H10.C10H15FN.C9H13.C6H7Ge.CH3.Ti/c1-3-7-11(8-4-1)12-9-5-2-6-10-12;11-9-2-7-1-8(3-9)5-10(12,4-7)6-9;1-6-5-7(2)9(4)8(6)3;7-6-4-2-1-3-5-6;;/h1-10H;7-8,12H,1-6H2;6H,1-4H3;1-5H,7H2;1H3;/q;2*-1;;-1;+3. The minimum absolute atomic E-state index is 0. The van der Waals surface area contributed by atoms with Crippen molar-refractivity contribution in [2.45, 2.75) is 77.4 Å². The van der Waals surface area contributed by atoms with Gasteiger partial charge in [-0.2, -0.15) is 11.1 Å². The van der Waals surface area contributed by atoms with Crippen LogP contribution in [0.3, 0.4) is 0 Å². The molecule has 4 fully saturated rings. The van der Waals surface area contributed by atoms with Crippen LogP contribution in [0.15, 0.2) is 108 Å². The van der Waals surface area contributed by atoms with Crippen LogP contribution in [0.25, 0.3) is 16.9 Å². The Bertz CT molecular complexity index is 1220. The first-order chi connectivity index (χ1) is 19.1. The minimum Gasteiger partial charge on any atom is -0.672 e. The number of rotatable bonds is 1. The average molecular weight is 658 g/mol. The fourth-order valence-corrected chi connectivity index (χ4v) is 7.62. The van der Waals surface area contributed by atoms with Gasteiger partial charge in [-0.05, 0) is 48.6 Å². The molecule has 1 nitrogen and oxygen atoms in total. The SMILES string of the molecule is CC1=[C-]C(C)C(C)=C1C.[CH3-].[GeH2][c]1ccccc1.[NH-]C12CC3CC(C1)CC(F)(C3)C2.[Ti+3].c1ccc(-c2ccccc2)cc1. The van der Waals surface area contributed by atoms with Crippen LogP contribution < -0.4 is 4.40 Å². The van der Waals surface area contributed by atoms with Crippen molar-refractivity contribution in [1.29, 1.82) is 0 Å². The van der Waals surface area contributed by atoms with E-state index >= 15 is 0 Å². The van der Waals surface area contributed by atoms with Gasteiger partial charge in [-0.15, -0.1) is 12.5 Å². The molecule has 8 rings (SSSR count). The molecule has 3 unspecified atom stereocenters. The Morgan fingerprint density at radius 2 is 1.19 bits per heavy atom. The number of nitrogens with one attached hydrogen (secondary N) is 1. The molecule has 3 aromatic rings. The van der Waals surface area contributed by atoms with E-state index in [1.807, 2.05) is 18.2 Å². The molecule has 5 aliphatic carbocycles. The molecule has 5 aliphatic rings. The van der Waals surface area contributed by atoms with Crippen molar-refractivity contribution in [1.82, 2.24) is 0 Å². The van der Waals surface area contributed by atoms with E-state index < -0.39 is 5.67 Å². The Morgan fingerprint density at radius 3 is 1.45 bits per heavy atom. The summed E-state index contributed by atoms with van der Waals surface area (Å²) in [5.74, 6) is 1.66. The molecule has 4 bridgehead atoms. The van der Waals surface area contributed by atoms with Gasteiger partial charge in [0.05, 0.1) is 0 Å². The summed E-state index contributed by atoms with van der Waals surface area (Å²) in [5, 5.41) is 0. The zero-order chi connectivity index (χ0) is 28.8. The summed E-state index contributed by atoms with van der Waals surface area (Å²) in [6.45, 7) is 8.67. The van der Waals surface area contributed by atoms with E-state index in [1.54, 1.807) is 0 Å². The van der Waals surface area contributed by atoms with Gasteiger partial charge in [0.2, 0.25) is 0 Å². The van der Waals surface area contributed by atoms with E-state index in [0.717, 1.165) is 25.7 Å². The summed E-state index contributed by atoms with van der Waals surface area (Å²) < 4.78 is 15.5. The number of benzene rings is 3. The summed E-state index contributed by atoms with van der Waals surface area (Å²) in [7, 11) is 0. The molecule has 0 aromatic heterocycles. The van der Waals surface area contributed by atoms with Crippen molar-refractivity contribution in [3.63, 3.8) is 0 Å². The first-order valence-electron chi connectivity index (χ1n) is 14.8. The maximum Gasteiger partial charge on any atom is 3.00 e. The fourth-order valence-electron chi connectivity index (χ4n) is 7.05. The van der Waals surface area contributed by atoms with Crippen molar-refractivity contribution in [2.24, 2.45) is 17.8 Å². The normalized spacial score (nSPS) is 27.9. The molecule has 0 spiro atoms. The Hall–Kier alpha value is -1.71. The first kappa shape index (κ1) is 36.5. The van der Waals surface area contributed by atoms with Crippen LogP contribution in [0.4, 0.5) is 4.39 Å². The third kappa shape index (κ3) is 10.2. The number of allylic oxidation sites excluding steroid dienone is 4. The maximum atomic E-state index is 14.0. The van der Waals surface area contributed by atoms with Crippen molar-refractivity contribution in [3.05, 3.63) is 127 Å². The molecular weight excluding hydrogens is 610 g/mol. The second-order valence-electron chi connectivity index (χ2n) is 12.4.